The van der Waals surface area contributed by atoms with Gasteiger partial charge < -0.3 is 0 Å². The summed E-state index contributed by atoms with van der Waals surface area (Å²) in [5, 5.41) is 0. The Balaban J connectivity index is 1.40. The molecule has 1 aliphatic carbocycles. The molecule has 0 spiro atoms. The lowest BCUT2D eigenvalue weighted by molar-refractivity contribution is -0.121. The standard InChI is InChI=1S/C17H19BrN2O2S2/c18-15-9-8-12(23-15)5-3-7-16(21)19-20-17(22)14-10-11-4-1-2-6-13(11)24-14/h8-10H,1-7H2,(H,19,21)(H,20,22). The molecule has 128 valence electrons. The van der Waals surface area contributed by atoms with Gasteiger partial charge in [-0.3, -0.25) is 20.4 Å². The van der Waals surface area contributed by atoms with Crippen molar-refractivity contribution in [3.8, 4) is 0 Å². The molecule has 2 aromatic heterocycles. The van der Waals surface area contributed by atoms with Gasteiger partial charge in [0.2, 0.25) is 5.91 Å². The molecule has 0 unspecified atom stereocenters. The van der Waals surface area contributed by atoms with Gasteiger partial charge in [0.05, 0.1) is 8.66 Å². The maximum atomic E-state index is 12.1. The lowest BCUT2D eigenvalue weighted by Gasteiger charge is -2.08. The number of halogens is 1. The van der Waals surface area contributed by atoms with Crippen LogP contribution < -0.4 is 10.9 Å². The topological polar surface area (TPSA) is 58.2 Å². The molecule has 24 heavy (non-hydrogen) atoms. The maximum Gasteiger partial charge on any atom is 0.279 e. The molecule has 0 bridgehead atoms. The van der Waals surface area contributed by atoms with Crippen LogP contribution in [0.2, 0.25) is 0 Å². The highest BCUT2D eigenvalue weighted by atomic mass is 79.9. The second kappa shape index (κ2) is 8.27. The SMILES string of the molecule is O=C(CCCc1ccc(Br)s1)NNC(=O)c1cc2c(s1)CCCC2. The van der Waals surface area contributed by atoms with Crippen LogP contribution >= 0.6 is 38.6 Å². The highest BCUT2D eigenvalue weighted by molar-refractivity contribution is 9.11. The van der Waals surface area contributed by atoms with Crippen molar-refractivity contribution in [2.24, 2.45) is 0 Å². The number of aryl methyl sites for hydroxylation is 3. The van der Waals surface area contributed by atoms with Gasteiger partial charge in [-0.05, 0) is 78.2 Å². The zero-order valence-corrected chi connectivity index (χ0v) is 16.4. The van der Waals surface area contributed by atoms with E-state index in [1.165, 1.54) is 28.2 Å². The average Bonchev–Trinajstić information content (AvgIpc) is 3.18. The Hall–Kier alpha value is -1.18. The molecule has 0 radical (unpaired) electrons. The molecule has 3 rings (SSSR count). The number of hydrogen-bond donors (Lipinski definition) is 2. The van der Waals surface area contributed by atoms with Gasteiger partial charge in [0, 0.05) is 16.2 Å². The number of amides is 2. The predicted molar refractivity (Wildman–Crippen MR) is 102 cm³/mol. The first-order chi connectivity index (χ1) is 11.6. The third-order valence-electron chi connectivity index (χ3n) is 3.99. The molecule has 0 atom stereocenters. The van der Waals surface area contributed by atoms with Gasteiger partial charge in [0.1, 0.15) is 0 Å². The molecule has 2 heterocycles. The minimum absolute atomic E-state index is 0.153. The molecule has 2 aromatic rings. The van der Waals surface area contributed by atoms with E-state index in [0.29, 0.717) is 11.3 Å². The zero-order chi connectivity index (χ0) is 16.9. The number of nitrogens with one attached hydrogen (secondary N) is 2. The summed E-state index contributed by atoms with van der Waals surface area (Å²) < 4.78 is 1.10. The van der Waals surface area contributed by atoms with Gasteiger partial charge in [-0.25, -0.2) is 0 Å². The molecule has 0 aromatic carbocycles. The highest BCUT2D eigenvalue weighted by Crippen LogP contribution is 2.29. The van der Waals surface area contributed by atoms with Gasteiger partial charge in [-0.2, -0.15) is 0 Å². The third kappa shape index (κ3) is 4.68. The van der Waals surface area contributed by atoms with E-state index >= 15 is 0 Å². The molecule has 0 aliphatic heterocycles. The molecule has 1 aliphatic rings. The Morgan fingerprint density at radius 2 is 1.96 bits per heavy atom. The first-order valence-corrected chi connectivity index (χ1v) is 10.5. The fraction of sp³-hybridized carbons (Fsp3) is 0.412. The summed E-state index contributed by atoms with van der Waals surface area (Å²) >= 11 is 6.66. The van der Waals surface area contributed by atoms with Gasteiger partial charge in [-0.15, -0.1) is 22.7 Å². The Morgan fingerprint density at radius 1 is 1.12 bits per heavy atom. The lowest BCUT2D eigenvalue weighted by atomic mass is 9.99. The molecule has 0 saturated carbocycles. The van der Waals surface area contributed by atoms with E-state index in [0.717, 1.165) is 29.5 Å². The van der Waals surface area contributed by atoms with Crippen LogP contribution in [-0.2, 0) is 24.1 Å². The van der Waals surface area contributed by atoms with Crippen LogP contribution in [0.1, 0.15) is 50.7 Å². The van der Waals surface area contributed by atoms with Crippen molar-refractivity contribution >= 4 is 50.4 Å². The molecule has 0 fully saturated rings. The Kier molecular flexibility index (Phi) is 6.08. The lowest BCUT2D eigenvalue weighted by Crippen LogP contribution is -2.41. The van der Waals surface area contributed by atoms with Crippen molar-refractivity contribution in [2.45, 2.75) is 44.9 Å². The molecule has 0 saturated heterocycles. The van der Waals surface area contributed by atoms with Crippen molar-refractivity contribution in [1.29, 1.82) is 0 Å². The van der Waals surface area contributed by atoms with Crippen molar-refractivity contribution in [2.75, 3.05) is 0 Å². The van der Waals surface area contributed by atoms with Gasteiger partial charge in [0.25, 0.3) is 5.91 Å². The van der Waals surface area contributed by atoms with E-state index in [-0.39, 0.29) is 11.8 Å². The van der Waals surface area contributed by atoms with E-state index < -0.39 is 0 Å². The second-order valence-corrected chi connectivity index (χ2v) is 9.51. The van der Waals surface area contributed by atoms with Crippen LogP contribution in [0.15, 0.2) is 22.0 Å². The largest absolute Gasteiger partial charge is 0.279 e. The van der Waals surface area contributed by atoms with Crippen LogP contribution in [0.25, 0.3) is 0 Å². The number of hydrazine groups is 1. The minimum atomic E-state index is -0.218. The summed E-state index contributed by atoms with van der Waals surface area (Å²) in [4.78, 5) is 27.2. The summed E-state index contributed by atoms with van der Waals surface area (Å²) in [5.41, 5.74) is 6.34. The number of fused-ring (bicyclic) bond motifs is 1. The number of hydrogen-bond acceptors (Lipinski definition) is 4. The van der Waals surface area contributed by atoms with Gasteiger partial charge in [0.15, 0.2) is 0 Å². The maximum absolute atomic E-state index is 12.1. The van der Waals surface area contributed by atoms with Crippen molar-refractivity contribution in [3.05, 3.63) is 42.2 Å². The van der Waals surface area contributed by atoms with Crippen molar-refractivity contribution in [3.63, 3.8) is 0 Å². The quantitative estimate of drug-likeness (QED) is 0.702. The Morgan fingerprint density at radius 3 is 2.71 bits per heavy atom. The first-order valence-electron chi connectivity index (χ1n) is 8.07. The summed E-state index contributed by atoms with van der Waals surface area (Å²) in [6.07, 6.45) is 6.56. The van der Waals surface area contributed by atoms with Crippen LogP contribution in [0.5, 0.6) is 0 Å². The molecular weight excluding hydrogens is 408 g/mol. The van der Waals surface area contributed by atoms with Crippen molar-refractivity contribution in [1.82, 2.24) is 10.9 Å². The summed E-state index contributed by atoms with van der Waals surface area (Å²) in [6, 6.07) is 6.04. The zero-order valence-electron chi connectivity index (χ0n) is 13.2. The fourth-order valence-corrected chi connectivity index (χ4v) is 5.44. The van der Waals surface area contributed by atoms with Gasteiger partial charge in [-0.1, -0.05) is 0 Å². The summed E-state index contributed by atoms with van der Waals surface area (Å²) in [7, 11) is 0. The van der Waals surface area contributed by atoms with Crippen LogP contribution in [0, 0.1) is 0 Å². The van der Waals surface area contributed by atoms with Crippen LogP contribution in [0.4, 0.5) is 0 Å². The fourth-order valence-electron chi connectivity index (χ4n) is 2.76. The molecule has 2 amide bonds. The third-order valence-corrected chi connectivity index (χ3v) is 6.91. The number of carbonyl (C=O) groups is 2. The predicted octanol–water partition coefficient (Wildman–Crippen LogP) is 4.23. The smallest absolute Gasteiger partial charge is 0.273 e. The average molecular weight is 427 g/mol. The molecular formula is C17H19BrN2O2S2. The minimum Gasteiger partial charge on any atom is -0.273 e. The van der Waals surface area contributed by atoms with E-state index in [2.05, 4.69) is 32.8 Å². The number of thiophene rings is 2. The number of carbonyl (C=O) groups excluding carboxylic acids is 2. The Bertz CT molecular complexity index is 715. The highest BCUT2D eigenvalue weighted by Gasteiger charge is 2.17. The molecule has 7 heteroatoms. The van der Waals surface area contributed by atoms with Crippen molar-refractivity contribution < 1.29 is 9.59 Å². The second-order valence-electron chi connectivity index (χ2n) is 5.83. The monoisotopic (exact) mass is 426 g/mol. The van der Waals surface area contributed by atoms with E-state index in [1.807, 2.05) is 12.1 Å². The van der Waals surface area contributed by atoms with Gasteiger partial charge >= 0.3 is 0 Å². The van der Waals surface area contributed by atoms with Crippen LogP contribution in [0.3, 0.4) is 0 Å². The molecule has 2 N–H and O–H groups in total. The van der Waals surface area contributed by atoms with E-state index in [9.17, 15) is 9.59 Å². The Labute approximate surface area is 157 Å². The normalized spacial score (nSPS) is 13.4. The number of rotatable bonds is 5. The molecule has 4 nitrogen and oxygen atoms in total. The van der Waals surface area contributed by atoms with E-state index in [1.54, 1.807) is 22.7 Å². The van der Waals surface area contributed by atoms with Crippen LogP contribution in [-0.4, -0.2) is 11.8 Å². The summed E-state index contributed by atoms with van der Waals surface area (Å²) in [5.74, 6) is -0.370. The first kappa shape index (κ1) is 17.6. The summed E-state index contributed by atoms with van der Waals surface area (Å²) in [6.45, 7) is 0. The van der Waals surface area contributed by atoms with E-state index in [4.69, 9.17) is 0 Å².